The molecule has 0 aliphatic carbocycles. The van der Waals surface area contributed by atoms with Gasteiger partial charge < -0.3 is 21.3 Å². The van der Waals surface area contributed by atoms with Crippen LogP contribution < -0.4 is 16.5 Å². The van der Waals surface area contributed by atoms with Gasteiger partial charge in [0, 0.05) is 13.1 Å². The molecule has 174 valence electrons. The fourth-order valence-electron chi connectivity index (χ4n) is 3.12. The first-order valence-corrected chi connectivity index (χ1v) is 10.2. The lowest BCUT2D eigenvalue weighted by Crippen LogP contribution is -2.37. The van der Waals surface area contributed by atoms with Crippen molar-refractivity contribution in [2.24, 2.45) is 10.7 Å². The van der Waals surface area contributed by atoms with Crippen LogP contribution in [0.3, 0.4) is 0 Å². The summed E-state index contributed by atoms with van der Waals surface area (Å²) in [6.45, 7) is 12.6. The van der Waals surface area contributed by atoms with Crippen LogP contribution in [0.4, 0.5) is 0 Å². The molecule has 0 radical (unpaired) electrons. The van der Waals surface area contributed by atoms with Crippen LogP contribution in [-0.2, 0) is 22.2 Å². The molecule has 0 heterocycles. The molecule has 0 saturated heterocycles. The smallest absolute Gasteiger partial charge is 0.320 e. The zero-order valence-electron chi connectivity index (χ0n) is 19.2. The summed E-state index contributed by atoms with van der Waals surface area (Å²) in [5, 5.41) is 32.9. The third kappa shape index (κ3) is 8.41. The van der Waals surface area contributed by atoms with Gasteiger partial charge in [0.05, 0.1) is 0 Å². The Kier molecular flexibility index (Phi) is 8.80. The van der Waals surface area contributed by atoms with E-state index in [1.165, 1.54) is 0 Å². The van der Waals surface area contributed by atoms with Crippen LogP contribution in [0.5, 0.6) is 5.75 Å². The summed E-state index contributed by atoms with van der Waals surface area (Å²) < 4.78 is 0. The van der Waals surface area contributed by atoms with Crippen molar-refractivity contribution < 1.29 is 20.0 Å². The van der Waals surface area contributed by atoms with Crippen LogP contribution in [0.25, 0.3) is 0 Å². The third-order valence-electron chi connectivity index (χ3n) is 4.78. The zero-order chi connectivity index (χ0) is 24.0. The molecule has 1 aromatic carbocycles. The van der Waals surface area contributed by atoms with E-state index >= 15 is 0 Å². The Morgan fingerprint density at radius 3 is 2.13 bits per heavy atom. The van der Waals surface area contributed by atoms with Gasteiger partial charge in [-0.3, -0.25) is 4.79 Å². The molecule has 6 N–H and O–H groups in total. The van der Waals surface area contributed by atoms with Crippen LogP contribution in [0.15, 0.2) is 17.1 Å². The van der Waals surface area contributed by atoms with E-state index in [1.54, 1.807) is 5.43 Å². The van der Waals surface area contributed by atoms with Crippen LogP contribution in [-0.4, -0.2) is 39.8 Å². The minimum Gasteiger partial charge on any atom is -0.507 e. The molecule has 0 saturated carbocycles. The molecular formula is C21H35N5O5. The summed E-state index contributed by atoms with van der Waals surface area (Å²) >= 11 is 0. The Hall–Kier alpha value is -2.88. The highest BCUT2D eigenvalue weighted by molar-refractivity contribution is 5.76. The molecule has 0 bridgehead atoms. The quantitative estimate of drug-likeness (QED) is 0.129. The number of hydrogen-bond acceptors (Lipinski definition) is 6. The number of aliphatic carboxylic acids is 1. The number of phenolic OH excluding ortho intramolecular Hbond substituents is 1. The zero-order valence-corrected chi connectivity index (χ0v) is 19.2. The fraction of sp³-hybridized carbons (Fsp3) is 0.619. The van der Waals surface area contributed by atoms with Gasteiger partial charge in [-0.25, -0.2) is 15.1 Å². The van der Waals surface area contributed by atoms with Crippen molar-refractivity contribution in [2.45, 2.75) is 77.8 Å². The van der Waals surface area contributed by atoms with E-state index in [1.807, 2.05) is 53.7 Å². The molecule has 10 nitrogen and oxygen atoms in total. The van der Waals surface area contributed by atoms with Crippen LogP contribution in [0.2, 0.25) is 0 Å². The molecule has 0 aliphatic heterocycles. The molecular weight excluding hydrogens is 402 g/mol. The molecule has 0 spiro atoms. The second-order valence-corrected chi connectivity index (χ2v) is 9.59. The number of hydrogen-bond donors (Lipinski definition) is 5. The summed E-state index contributed by atoms with van der Waals surface area (Å²) in [6.07, 6.45) is 0.668. The monoisotopic (exact) mass is 437 g/mol. The Labute approximate surface area is 183 Å². The largest absolute Gasteiger partial charge is 0.507 e. The molecule has 1 atom stereocenters. The number of nitrogens with zero attached hydrogens (tertiary/aromatic N) is 2. The number of carbonyl (C=O) groups is 1. The highest BCUT2D eigenvalue weighted by atomic mass is 16.7. The highest BCUT2D eigenvalue weighted by Crippen LogP contribution is 2.39. The number of nitro groups is 1. The van der Waals surface area contributed by atoms with Crippen molar-refractivity contribution in [2.75, 3.05) is 6.54 Å². The third-order valence-corrected chi connectivity index (χ3v) is 4.78. The molecule has 1 aromatic rings. The van der Waals surface area contributed by atoms with Crippen molar-refractivity contribution >= 4 is 11.9 Å². The topological polar surface area (TPSA) is 163 Å². The van der Waals surface area contributed by atoms with E-state index in [4.69, 9.17) is 5.73 Å². The molecule has 10 heteroatoms. The number of carboxylic acids is 1. The van der Waals surface area contributed by atoms with Crippen molar-refractivity contribution in [1.29, 1.82) is 0 Å². The molecule has 1 rings (SSSR count). The molecule has 0 unspecified atom stereocenters. The summed E-state index contributed by atoms with van der Waals surface area (Å²) in [5.74, 6) is -1.04. The number of hydrazine groups is 1. The predicted molar refractivity (Wildman–Crippen MR) is 120 cm³/mol. The maximum absolute atomic E-state index is 11.6. The minimum absolute atomic E-state index is 0.166. The van der Waals surface area contributed by atoms with Crippen LogP contribution >= 0.6 is 0 Å². The molecule has 0 aromatic heterocycles. The standard InChI is InChI=1S/C21H35N5O5/c1-20(2,3)14-10-13(11-15(17(14)27)21(4,5)6)12-24-16(18(28)29)8-7-9-23-19(22)25-26(30)31/h10-11,16,24,27H,7-9,12H2,1-6H3,(H,28,29)(H3,22,23,25)/t16-/m0/s1. The van der Waals surface area contributed by atoms with Gasteiger partial charge >= 0.3 is 5.97 Å². The number of rotatable bonds is 9. The van der Waals surface area contributed by atoms with Gasteiger partial charge in [0.2, 0.25) is 0 Å². The van der Waals surface area contributed by atoms with E-state index in [2.05, 4.69) is 10.3 Å². The van der Waals surface area contributed by atoms with E-state index in [-0.39, 0.29) is 35.5 Å². The fourth-order valence-corrected chi connectivity index (χ4v) is 3.12. The first kappa shape index (κ1) is 26.2. The summed E-state index contributed by atoms with van der Waals surface area (Å²) in [5.41, 5.74) is 9.04. The second-order valence-electron chi connectivity index (χ2n) is 9.59. The van der Waals surface area contributed by atoms with Gasteiger partial charge in [0.1, 0.15) is 11.8 Å². The number of guanidine groups is 1. The van der Waals surface area contributed by atoms with E-state index in [9.17, 15) is 25.1 Å². The molecule has 0 fully saturated rings. The number of aliphatic imine (C=N–C) groups is 1. The maximum atomic E-state index is 11.6. The lowest BCUT2D eigenvalue weighted by Gasteiger charge is -2.28. The van der Waals surface area contributed by atoms with E-state index < -0.39 is 17.0 Å². The number of carboxylic acid groups (broad SMARTS) is 1. The minimum atomic E-state index is -0.994. The normalized spacial score (nSPS) is 13.7. The predicted octanol–water partition coefficient (Wildman–Crippen LogP) is 2.41. The van der Waals surface area contributed by atoms with Crippen molar-refractivity contribution in [3.8, 4) is 5.75 Å². The van der Waals surface area contributed by atoms with Crippen LogP contribution in [0.1, 0.15) is 71.1 Å². The van der Waals surface area contributed by atoms with Crippen molar-refractivity contribution in [3.63, 3.8) is 0 Å². The lowest BCUT2D eigenvalue weighted by molar-refractivity contribution is -0.525. The van der Waals surface area contributed by atoms with Gasteiger partial charge in [-0.2, -0.15) is 0 Å². The number of aromatic hydroxyl groups is 1. The lowest BCUT2D eigenvalue weighted by atomic mass is 9.78. The second kappa shape index (κ2) is 10.4. The first-order valence-electron chi connectivity index (χ1n) is 10.2. The number of nitrogens with one attached hydrogen (secondary N) is 2. The molecule has 0 amide bonds. The number of benzene rings is 1. The van der Waals surface area contributed by atoms with Gasteiger partial charge in [-0.05, 0) is 40.4 Å². The average molecular weight is 438 g/mol. The Morgan fingerprint density at radius 2 is 1.71 bits per heavy atom. The molecule has 0 aliphatic rings. The van der Waals surface area contributed by atoms with Gasteiger partial charge in [-0.15, -0.1) is 0 Å². The average Bonchev–Trinajstić information content (AvgIpc) is 2.58. The van der Waals surface area contributed by atoms with Crippen molar-refractivity contribution in [3.05, 3.63) is 38.9 Å². The summed E-state index contributed by atoms with van der Waals surface area (Å²) in [6, 6.07) is 3.00. The number of nitrogens with two attached hydrogens (primary N) is 1. The van der Waals surface area contributed by atoms with E-state index in [0.29, 0.717) is 13.0 Å². The summed E-state index contributed by atoms with van der Waals surface area (Å²) in [4.78, 5) is 25.7. The van der Waals surface area contributed by atoms with E-state index in [0.717, 1.165) is 16.7 Å². The van der Waals surface area contributed by atoms with Gasteiger partial charge in [0.15, 0.2) is 5.03 Å². The number of phenols is 1. The Bertz CT molecular complexity index is 789. The SMILES string of the molecule is CC(C)(C)c1cc(CN[C@@H](CCCN=C(N)N[N+](=O)[O-])C(=O)O)cc(C(C)(C)C)c1O. The first-order chi connectivity index (χ1) is 14.1. The van der Waals surface area contributed by atoms with Crippen molar-refractivity contribution in [1.82, 2.24) is 10.7 Å². The summed E-state index contributed by atoms with van der Waals surface area (Å²) in [7, 11) is 0. The maximum Gasteiger partial charge on any atom is 0.320 e. The molecule has 31 heavy (non-hydrogen) atoms. The van der Waals surface area contributed by atoms with Crippen LogP contribution in [0, 0.1) is 10.1 Å². The van der Waals surface area contributed by atoms with Gasteiger partial charge in [-0.1, -0.05) is 59.1 Å². The highest BCUT2D eigenvalue weighted by Gasteiger charge is 2.27. The Morgan fingerprint density at radius 1 is 1.19 bits per heavy atom. The van der Waals surface area contributed by atoms with Gasteiger partial charge in [0.25, 0.3) is 5.96 Å². The Balaban J connectivity index is 2.92.